The van der Waals surface area contributed by atoms with Crippen molar-refractivity contribution in [3.05, 3.63) is 30.1 Å². The molecule has 1 amide bonds. The van der Waals surface area contributed by atoms with Crippen LogP contribution in [0.4, 0.5) is 0 Å². The van der Waals surface area contributed by atoms with Crippen LogP contribution in [0, 0.1) is 5.92 Å². The normalized spacial score (nSPS) is 22.9. The molecule has 122 valence electrons. The maximum Gasteiger partial charge on any atom is 0.223 e. The van der Waals surface area contributed by atoms with E-state index in [0.29, 0.717) is 12.3 Å². The van der Waals surface area contributed by atoms with E-state index < -0.39 is 0 Å². The molecule has 0 aromatic carbocycles. The zero-order valence-corrected chi connectivity index (χ0v) is 13.6. The Morgan fingerprint density at radius 2 is 2.23 bits per heavy atom. The summed E-state index contributed by atoms with van der Waals surface area (Å²) in [6, 6.07) is 4.10. The van der Waals surface area contributed by atoms with E-state index in [0.717, 1.165) is 51.3 Å². The molecule has 2 aliphatic rings. The van der Waals surface area contributed by atoms with E-state index in [2.05, 4.69) is 16.4 Å². The summed E-state index contributed by atoms with van der Waals surface area (Å²) in [5.41, 5.74) is 1.12. The Kier molecular flexibility index (Phi) is 6.61. The summed E-state index contributed by atoms with van der Waals surface area (Å²) >= 11 is 0. The molecule has 3 heterocycles. The molecule has 1 aromatic heterocycles. The second-order valence-electron chi connectivity index (χ2n) is 5.85. The smallest absolute Gasteiger partial charge is 0.223 e. The van der Waals surface area contributed by atoms with Crippen molar-refractivity contribution >= 4 is 18.3 Å². The number of hydrogen-bond donors (Lipinski definition) is 1. The van der Waals surface area contributed by atoms with Gasteiger partial charge in [0.2, 0.25) is 5.91 Å². The van der Waals surface area contributed by atoms with E-state index in [1.54, 1.807) is 6.20 Å². The first-order valence-corrected chi connectivity index (χ1v) is 7.82. The van der Waals surface area contributed by atoms with E-state index in [1.165, 1.54) is 0 Å². The Balaban J connectivity index is 0.00000176. The molecule has 3 rings (SSSR count). The summed E-state index contributed by atoms with van der Waals surface area (Å²) in [6.45, 7) is 4.06. The number of hydrogen-bond acceptors (Lipinski definition) is 4. The Labute approximate surface area is 137 Å². The second-order valence-corrected chi connectivity index (χ2v) is 5.85. The summed E-state index contributed by atoms with van der Waals surface area (Å²) in [7, 11) is 0. The molecule has 2 fully saturated rings. The first-order valence-electron chi connectivity index (χ1n) is 7.82. The molecule has 0 bridgehead atoms. The fourth-order valence-electron chi connectivity index (χ4n) is 3.19. The van der Waals surface area contributed by atoms with Crippen LogP contribution in [0.15, 0.2) is 24.5 Å². The molecule has 1 aromatic rings. The van der Waals surface area contributed by atoms with Gasteiger partial charge in [-0.2, -0.15) is 0 Å². The lowest BCUT2D eigenvalue weighted by molar-refractivity contribution is -0.136. The highest BCUT2D eigenvalue weighted by Gasteiger charge is 2.29. The van der Waals surface area contributed by atoms with E-state index in [1.807, 2.05) is 17.2 Å². The molecule has 1 atom stereocenters. The van der Waals surface area contributed by atoms with Gasteiger partial charge in [0.1, 0.15) is 0 Å². The quantitative estimate of drug-likeness (QED) is 0.920. The number of ether oxygens (including phenoxy) is 1. The zero-order chi connectivity index (χ0) is 14.5. The van der Waals surface area contributed by atoms with Gasteiger partial charge in [-0.3, -0.25) is 9.78 Å². The number of aromatic nitrogens is 1. The number of pyridine rings is 1. The van der Waals surface area contributed by atoms with Gasteiger partial charge in [0, 0.05) is 51.7 Å². The van der Waals surface area contributed by atoms with Crippen molar-refractivity contribution in [3.63, 3.8) is 0 Å². The Bertz CT molecular complexity index is 466. The number of carbonyl (C=O) groups is 1. The molecule has 22 heavy (non-hydrogen) atoms. The van der Waals surface area contributed by atoms with Crippen molar-refractivity contribution in [2.45, 2.75) is 25.3 Å². The standard InChI is InChI=1S/C16H23N3O2.ClH/c20-16(10-13-3-8-21-9-4-13)19-7-6-18-12-15(19)14-2-1-5-17-11-14;/h1-2,5,11,13,15,18H,3-4,6-10,12H2;1H. The molecule has 0 saturated carbocycles. The molecule has 0 aliphatic carbocycles. The zero-order valence-electron chi connectivity index (χ0n) is 12.7. The van der Waals surface area contributed by atoms with Gasteiger partial charge in [-0.05, 0) is 30.4 Å². The number of piperazine rings is 1. The predicted molar refractivity (Wildman–Crippen MR) is 87.0 cm³/mol. The topological polar surface area (TPSA) is 54.5 Å². The fourth-order valence-corrected chi connectivity index (χ4v) is 3.19. The van der Waals surface area contributed by atoms with E-state index >= 15 is 0 Å². The third kappa shape index (κ3) is 4.18. The van der Waals surface area contributed by atoms with Crippen LogP contribution in [0.3, 0.4) is 0 Å². The van der Waals surface area contributed by atoms with Gasteiger partial charge < -0.3 is 15.0 Å². The molecule has 1 unspecified atom stereocenters. The van der Waals surface area contributed by atoms with Crippen LogP contribution < -0.4 is 5.32 Å². The lowest BCUT2D eigenvalue weighted by Gasteiger charge is -2.37. The van der Waals surface area contributed by atoms with Crippen molar-refractivity contribution in [3.8, 4) is 0 Å². The third-order valence-corrected chi connectivity index (χ3v) is 4.44. The summed E-state index contributed by atoms with van der Waals surface area (Å²) in [4.78, 5) is 18.9. The summed E-state index contributed by atoms with van der Waals surface area (Å²) in [5, 5.41) is 3.38. The molecule has 0 radical (unpaired) electrons. The molecule has 5 nitrogen and oxygen atoms in total. The lowest BCUT2D eigenvalue weighted by Crippen LogP contribution is -2.49. The summed E-state index contributed by atoms with van der Waals surface area (Å²) < 4.78 is 5.37. The number of nitrogens with one attached hydrogen (secondary N) is 1. The highest BCUT2D eigenvalue weighted by molar-refractivity contribution is 5.85. The minimum atomic E-state index is 0. The third-order valence-electron chi connectivity index (χ3n) is 4.44. The Hall–Kier alpha value is -1.17. The second kappa shape index (κ2) is 8.46. The van der Waals surface area contributed by atoms with Gasteiger partial charge >= 0.3 is 0 Å². The van der Waals surface area contributed by atoms with Crippen molar-refractivity contribution in [2.75, 3.05) is 32.8 Å². The van der Waals surface area contributed by atoms with E-state index in [-0.39, 0.29) is 24.4 Å². The van der Waals surface area contributed by atoms with E-state index in [4.69, 9.17) is 4.74 Å². The van der Waals surface area contributed by atoms with Crippen LogP contribution in [0.5, 0.6) is 0 Å². The average Bonchev–Trinajstić information content (AvgIpc) is 2.56. The lowest BCUT2D eigenvalue weighted by atomic mass is 9.95. The molecule has 2 saturated heterocycles. The SMILES string of the molecule is Cl.O=C(CC1CCOCC1)N1CCNCC1c1cccnc1. The number of halogens is 1. The van der Waals surface area contributed by atoms with Gasteiger partial charge in [-0.15, -0.1) is 12.4 Å². The molecule has 0 spiro atoms. The van der Waals surface area contributed by atoms with Crippen molar-refractivity contribution in [1.82, 2.24) is 15.2 Å². The monoisotopic (exact) mass is 325 g/mol. The summed E-state index contributed by atoms with van der Waals surface area (Å²) in [6.07, 6.45) is 6.31. The average molecular weight is 326 g/mol. The van der Waals surface area contributed by atoms with Crippen LogP contribution in [-0.4, -0.2) is 48.6 Å². The number of rotatable bonds is 3. The van der Waals surface area contributed by atoms with Crippen LogP contribution >= 0.6 is 12.4 Å². The van der Waals surface area contributed by atoms with Crippen LogP contribution in [0.1, 0.15) is 30.9 Å². The minimum Gasteiger partial charge on any atom is -0.381 e. The molecular weight excluding hydrogens is 302 g/mol. The van der Waals surface area contributed by atoms with Gasteiger partial charge in [0.05, 0.1) is 6.04 Å². The van der Waals surface area contributed by atoms with Crippen molar-refractivity contribution < 1.29 is 9.53 Å². The van der Waals surface area contributed by atoms with Crippen molar-refractivity contribution in [2.24, 2.45) is 5.92 Å². The van der Waals surface area contributed by atoms with Gasteiger partial charge in [-0.25, -0.2) is 0 Å². The maximum absolute atomic E-state index is 12.7. The van der Waals surface area contributed by atoms with Crippen molar-refractivity contribution in [1.29, 1.82) is 0 Å². The maximum atomic E-state index is 12.7. The summed E-state index contributed by atoms with van der Waals surface area (Å²) in [5.74, 6) is 0.757. The highest BCUT2D eigenvalue weighted by atomic mass is 35.5. The first-order chi connectivity index (χ1) is 10.3. The fraction of sp³-hybridized carbons (Fsp3) is 0.625. The first kappa shape index (κ1) is 17.2. The largest absolute Gasteiger partial charge is 0.381 e. The van der Waals surface area contributed by atoms with Crippen LogP contribution in [0.25, 0.3) is 0 Å². The number of amides is 1. The van der Waals surface area contributed by atoms with Crippen LogP contribution in [-0.2, 0) is 9.53 Å². The Morgan fingerprint density at radius 1 is 1.41 bits per heavy atom. The highest BCUT2D eigenvalue weighted by Crippen LogP contribution is 2.25. The molecule has 2 aliphatic heterocycles. The van der Waals surface area contributed by atoms with Gasteiger partial charge in [0.15, 0.2) is 0 Å². The van der Waals surface area contributed by atoms with Crippen LogP contribution in [0.2, 0.25) is 0 Å². The van der Waals surface area contributed by atoms with Gasteiger partial charge in [0.25, 0.3) is 0 Å². The molecule has 6 heteroatoms. The molecular formula is C16H24ClN3O2. The Morgan fingerprint density at radius 3 is 2.95 bits per heavy atom. The number of nitrogens with zero attached hydrogens (tertiary/aromatic N) is 2. The van der Waals surface area contributed by atoms with E-state index in [9.17, 15) is 4.79 Å². The van der Waals surface area contributed by atoms with Gasteiger partial charge in [-0.1, -0.05) is 6.07 Å². The minimum absolute atomic E-state index is 0. The molecule has 1 N–H and O–H groups in total. The number of carbonyl (C=O) groups excluding carboxylic acids is 1. The predicted octanol–water partition coefficient (Wildman–Crippen LogP) is 1.79.